The highest BCUT2D eigenvalue weighted by atomic mass is 19.4. The summed E-state index contributed by atoms with van der Waals surface area (Å²) in [4.78, 5) is 0. The van der Waals surface area contributed by atoms with Gasteiger partial charge in [-0.2, -0.15) is 57.1 Å². The van der Waals surface area contributed by atoms with Crippen LogP contribution in [0.5, 0.6) is 5.75 Å². The second-order valence-electron chi connectivity index (χ2n) is 6.64. The molecule has 0 saturated carbocycles. The molecule has 0 heterocycles. The molecule has 1 atom stereocenters. The molecule has 0 radical (unpaired) electrons. The van der Waals surface area contributed by atoms with Gasteiger partial charge in [0.1, 0.15) is 5.75 Å². The van der Waals surface area contributed by atoms with Crippen LogP contribution in [-0.4, -0.2) is 47.5 Å². The predicted octanol–water partition coefficient (Wildman–Crippen LogP) is 6.64. The molecule has 1 unspecified atom stereocenters. The zero-order valence-corrected chi connectivity index (χ0v) is 15.8. The third-order valence-electron chi connectivity index (χ3n) is 4.19. The molecule has 1 aromatic carbocycles. The fourth-order valence-corrected chi connectivity index (χ4v) is 2.30. The van der Waals surface area contributed by atoms with Crippen molar-refractivity contribution in [3.05, 3.63) is 29.8 Å². The second-order valence-corrected chi connectivity index (χ2v) is 6.64. The second kappa shape index (κ2) is 8.78. The van der Waals surface area contributed by atoms with Crippen molar-refractivity contribution in [2.75, 3.05) is 6.61 Å². The highest BCUT2D eigenvalue weighted by Crippen LogP contribution is 2.61. The molecule has 0 aliphatic heterocycles. The Labute approximate surface area is 172 Å². The van der Waals surface area contributed by atoms with Crippen molar-refractivity contribution in [1.82, 2.24) is 0 Å². The first-order chi connectivity index (χ1) is 14.2. The zero-order chi connectivity index (χ0) is 25.4. The van der Waals surface area contributed by atoms with Gasteiger partial charge in [0.2, 0.25) is 0 Å². The Morgan fingerprint density at radius 3 is 1.56 bits per heavy atom. The number of benzene rings is 1. The Hall–Kier alpha value is -1.93. The molecule has 0 saturated heterocycles. The van der Waals surface area contributed by atoms with Crippen LogP contribution in [0.3, 0.4) is 0 Å². The van der Waals surface area contributed by atoms with Crippen LogP contribution < -0.4 is 4.74 Å². The summed E-state index contributed by atoms with van der Waals surface area (Å²) in [6, 6.07) is 3.76. The monoisotopic (exact) mass is 498 g/mol. The maximum absolute atomic E-state index is 13.8. The molecule has 0 amide bonds. The molecule has 0 aliphatic carbocycles. The minimum atomic E-state index is -7.96. The van der Waals surface area contributed by atoms with Crippen molar-refractivity contribution in [3.8, 4) is 5.75 Å². The summed E-state index contributed by atoms with van der Waals surface area (Å²) in [5, 5.41) is 9.63. The van der Waals surface area contributed by atoms with E-state index in [2.05, 4.69) is 0 Å². The summed E-state index contributed by atoms with van der Waals surface area (Å²) in [7, 11) is 0. The molecule has 186 valence electrons. The normalized spacial score (nSPS) is 15.6. The molecule has 0 aliphatic rings. The maximum Gasteiger partial charge on any atom is 0.460 e. The molecule has 1 rings (SSSR count). The smallest absolute Gasteiger partial charge is 0.460 e. The number of halogens is 13. The molecule has 1 aromatic rings. The molecule has 2 nitrogen and oxygen atoms in total. The van der Waals surface area contributed by atoms with Gasteiger partial charge in [-0.15, -0.1) is 0 Å². The van der Waals surface area contributed by atoms with Gasteiger partial charge in [-0.25, -0.2) is 0 Å². The Morgan fingerprint density at radius 2 is 1.16 bits per heavy atom. The Kier molecular flexibility index (Phi) is 7.71. The fraction of sp³-hybridized carbons (Fsp3) is 0.647. The van der Waals surface area contributed by atoms with Crippen molar-refractivity contribution in [2.24, 2.45) is 0 Å². The average Bonchev–Trinajstić information content (AvgIpc) is 2.64. The van der Waals surface area contributed by atoms with E-state index in [1.54, 1.807) is 6.92 Å². The lowest BCUT2D eigenvalue weighted by molar-refractivity contribution is -0.440. The van der Waals surface area contributed by atoms with E-state index in [1.807, 2.05) is 0 Å². The standard InChI is InChI=1S/C17H15F13O2/c1-2-7-32-10-5-3-9(4-6-10)11(31)8-12(18,19)13(20,21)14(22,23)15(24,25)16(26,27)17(28,29)30/h3-6,11,31H,2,7-8H2,1H3. The first-order valence-electron chi connectivity index (χ1n) is 8.54. The topological polar surface area (TPSA) is 29.5 Å². The third-order valence-corrected chi connectivity index (χ3v) is 4.19. The first-order valence-corrected chi connectivity index (χ1v) is 8.54. The molecule has 1 N–H and O–H groups in total. The molecule has 15 heteroatoms. The van der Waals surface area contributed by atoms with E-state index in [0.29, 0.717) is 6.42 Å². The quantitative estimate of drug-likeness (QED) is 0.367. The summed E-state index contributed by atoms with van der Waals surface area (Å²) >= 11 is 0. The summed E-state index contributed by atoms with van der Waals surface area (Å²) in [6.07, 6.45) is -12.3. The number of hydrogen-bond donors (Lipinski definition) is 1. The minimum absolute atomic E-state index is 0.125. The highest BCUT2D eigenvalue weighted by molar-refractivity contribution is 5.29. The molecular formula is C17H15F13O2. The molecule has 0 fully saturated rings. The van der Waals surface area contributed by atoms with Crippen molar-refractivity contribution in [3.63, 3.8) is 0 Å². The van der Waals surface area contributed by atoms with Gasteiger partial charge in [0.25, 0.3) is 0 Å². The summed E-state index contributed by atoms with van der Waals surface area (Å²) in [5.74, 6) is -37.3. The zero-order valence-electron chi connectivity index (χ0n) is 15.8. The lowest BCUT2D eigenvalue weighted by atomic mass is 9.90. The van der Waals surface area contributed by atoms with Crippen LogP contribution in [0.4, 0.5) is 57.1 Å². The number of ether oxygens (including phenoxy) is 1. The van der Waals surface area contributed by atoms with Gasteiger partial charge >= 0.3 is 35.8 Å². The SMILES string of the molecule is CCCOc1ccc(C(O)CC(F)(F)C(F)(F)C(F)(F)C(F)(F)C(F)(F)C(F)(F)F)cc1. The van der Waals surface area contributed by atoms with Gasteiger partial charge < -0.3 is 9.84 Å². The summed E-state index contributed by atoms with van der Waals surface area (Å²) in [6.45, 7) is 1.93. The van der Waals surface area contributed by atoms with Crippen LogP contribution in [0.1, 0.15) is 31.4 Å². The van der Waals surface area contributed by atoms with Crippen LogP contribution in [0, 0.1) is 0 Å². The van der Waals surface area contributed by atoms with Gasteiger partial charge in [-0.3, -0.25) is 0 Å². The van der Waals surface area contributed by atoms with Gasteiger partial charge in [-0.05, 0) is 24.1 Å². The first kappa shape index (κ1) is 28.1. The highest BCUT2D eigenvalue weighted by Gasteiger charge is 2.90. The van der Waals surface area contributed by atoms with Crippen molar-refractivity contribution >= 4 is 0 Å². The number of aliphatic hydroxyl groups excluding tert-OH is 1. The molecule has 32 heavy (non-hydrogen) atoms. The van der Waals surface area contributed by atoms with Crippen LogP contribution in [0.2, 0.25) is 0 Å². The van der Waals surface area contributed by atoms with Crippen LogP contribution >= 0.6 is 0 Å². The van der Waals surface area contributed by atoms with E-state index in [0.717, 1.165) is 24.3 Å². The molecule has 0 bridgehead atoms. The van der Waals surface area contributed by atoms with Crippen LogP contribution in [0.15, 0.2) is 24.3 Å². The third kappa shape index (κ3) is 4.71. The fourth-order valence-electron chi connectivity index (χ4n) is 2.30. The van der Waals surface area contributed by atoms with Gasteiger partial charge in [0.15, 0.2) is 0 Å². The van der Waals surface area contributed by atoms with Gasteiger partial charge in [0.05, 0.1) is 12.7 Å². The van der Waals surface area contributed by atoms with Crippen LogP contribution in [0.25, 0.3) is 0 Å². The number of aliphatic hydroxyl groups is 1. The van der Waals surface area contributed by atoms with Crippen molar-refractivity contribution in [2.45, 2.75) is 61.7 Å². The number of hydrogen-bond acceptors (Lipinski definition) is 2. The molecule has 0 spiro atoms. The van der Waals surface area contributed by atoms with Gasteiger partial charge in [0, 0.05) is 6.42 Å². The summed E-state index contributed by atoms with van der Waals surface area (Å²) < 4.78 is 175. The lowest BCUT2D eigenvalue weighted by Crippen LogP contribution is -2.70. The van der Waals surface area contributed by atoms with Gasteiger partial charge in [-0.1, -0.05) is 19.1 Å². The maximum atomic E-state index is 13.8. The van der Waals surface area contributed by atoms with Crippen molar-refractivity contribution < 1.29 is 66.9 Å². The molecular weight excluding hydrogens is 483 g/mol. The Morgan fingerprint density at radius 1 is 0.719 bits per heavy atom. The van der Waals surface area contributed by atoms with E-state index in [-0.39, 0.29) is 12.4 Å². The largest absolute Gasteiger partial charge is 0.494 e. The van der Waals surface area contributed by atoms with E-state index in [4.69, 9.17) is 4.74 Å². The van der Waals surface area contributed by atoms with E-state index < -0.39 is 53.9 Å². The van der Waals surface area contributed by atoms with E-state index in [1.165, 1.54) is 0 Å². The predicted molar refractivity (Wildman–Crippen MR) is 82.6 cm³/mol. The van der Waals surface area contributed by atoms with E-state index in [9.17, 15) is 62.2 Å². The Balaban J connectivity index is 3.22. The lowest BCUT2D eigenvalue weighted by Gasteiger charge is -2.40. The van der Waals surface area contributed by atoms with Crippen LogP contribution in [-0.2, 0) is 0 Å². The van der Waals surface area contributed by atoms with E-state index >= 15 is 0 Å². The molecule has 0 aromatic heterocycles. The Bertz CT molecular complexity index is 757. The average molecular weight is 498 g/mol. The van der Waals surface area contributed by atoms with Crippen molar-refractivity contribution in [1.29, 1.82) is 0 Å². The number of alkyl halides is 13. The minimum Gasteiger partial charge on any atom is -0.494 e. The summed E-state index contributed by atoms with van der Waals surface area (Å²) in [5.41, 5.74) is -0.611. The number of rotatable bonds is 10.